The van der Waals surface area contributed by atoms with Crippen molar-refractivity contribution in [2.75, 3.05) is 18.0 Å². The maximum atomic E-state index is 13.5. The zero-order valence-corrected chi connectivity index (χ0v) is 15.2. The Morgan fingerprint density at radius 3 is 2.17 bits per heavy atom. The zero-order chi connectivity index (χ0) is 21.2. The summed E-state index contributed by atoms with van der Waals surface area (Å²) in [5, 5.41) is 8.99. The topological polar surface area (TPSA) is 60.9 Å². The van der Waals surface area contributed by atoms with Crippen molar-refractivity contribution in [1.29, 1.82) is 0 Å². The summed E-state index contributed by atoms with van der Waals surface area (Å²) in [5.41, 5.74) is 0.0392. The van der Waals surface area contributed by atoms with E-state index in [2.05, 4.69) is 0 Å². The molecule has 1 aliphatic rings. The third-order valence-electron chi connectivity index (χ3n) is 4.68. The Kier molecular flexibility index (Phi) is 5.76. The lowest BCUT2D eigenvalue weighted by molar-refractivity contribution is -0.137. The molecule has 1 atom stereocenters. The Labute approximate surface area is 164 Å². The van der Waals surface area contributed by atoms with Crippen LogP contribution in [0.5, 0.6) is 0 Å². The average Bonchev–Trinajstić information content (AvgIpc) is 3.12. The number of carboxylic acid groups (broad SMARTS) is 1. The highest BCUT2D eigenvalue weighted by Crippen LogP contribution is 2.31. The van der Waals surface area contributed by atoms with E-state index in [1.165, 1.54) is 46.2 Å². The second kappa shape index (κ2) is 8.10. The summed E-state index contributed by atoms with van der Waals surface area (Å²) < 4.78 is 52.1. The normalized spacial score (nSPS) is 16.7. The molecule has 0 spiro atoms. The quantitative estimate of drug-likeness (QED) is 0.751. The van der Waals surface area contributed by atoms with Crippen LogP contribution in [0.25, 0.3) is 0 Å². The molecule has 1 saturated heterocycles. The van der Waals surface area contributed by atoms with Gasteiger partial charge < -0.3 is 10.0 Å². The molecule has 0 unspecified atom stereocenters. The number of hydrogen-bond acceptors (Lipinski definition) is 2. The number of nitrogens with zero attached hydrogens (tertiary/aromatic N) is 2. The Hall–Kier alpha value is -3.10. The molecule has 0 aliphatic carbocycles. The van der Waals surface area contributed by atoms with Crippen LogP contribution in [0.4, 0.5) is 28.0 Å². The SMILES string of the molecule is O=C(O)c1ccc(CN(C(=O)N2CC[C@@H](F)C2)c2ccc(C(F)(F)F)cc2)cc1. The van der Waals surface area contributed by atoms with Crippen molar-refractivity contribution in [3.63, 3.8) is 0 Å². The number of urea groups is 1. The number of likely N-dealkylation sites (tertiary alicyclic amines) is 1. The van der Waals surface area contributed by atoms with Gasteiger partial charge in [0.2, 0.25) is 0 Å². The van der Waals surface area contributed by atoms with Crippen LogP contribution < -0.4 is 4.90 Å². The zero-order valence-electron chi connectivity index (χ0n) is 15.2. The predicted octanol–water partition coefficient (Wildman–Crippen LogP) is 4.57. The fourth-order valence-corrected chi connectivity index (χ4v) is 3.10. The molecule has 1 aliphatic heterocycles. The first kappa shape index (κ1) is 20.6. The van der Waals surface area contributed by atoms with Crippen LogP contribution in [0.2, 0.25) is 0 Å². The summed E-state index contributed by atoms with van der Waals surface area (Å²) in [6.45, 7) is 0.139. The number of benzene rings is 2. The summed E-state index contributed by atoms with van der Waals surface area (Å²) in [4.78, 5) is 26.5. The van der Waals surface area contributed by atoms with Crippen LogP contribution in [0.15, 0.2) is 48.5 Å². The number of anilines is 1. The highest BCUT2D eigenvalue weighted by Gasteiger charge is 2.32. The highest BCUT2D eigenvalue weighted by molar-refractivity contribution is 5.92. The molecular formula is C20H18F4N2O3. The minimum Gasteiger partial charge on any atom is -0.478 e. The Balaban J connectivity index is 1.89. The van der Waals surface area contributed by atoms with Gasteiger partial charge in [-0.3, -0.25) is 4.90 Å². The van der Waals surface area contributed by atoms with E-state index in [9.17, 15) is 27.2 Å². The summed E-state index contributed by atoms with van der Waals surface area (Å²) in [6, 6.07) is 9.42. The van der Waals surface area contributed by atoms with Gasteiger partial charge in [-0.25, -0.2) is 14.0 Å². The van der Waals surface area contributed by atoms with Crippen molar-refractivity contribution in [2.45, 2.75) is 25.3 Å². The maximum Gasteiger partial charge on any atom is 0.416 e. The van der Waals surface area contributed by atoms with E-state index in [1.54, 1.807) is 0 Å². The number of carbonyl (C=O) groups is 2. The van der Waals surface area contributed by atoms with E-state index in [-0.39, 0.29) is 37.3 Å². The highest BCUT2D eigenvalue weighted by atomic mass is 19.4. The minimum absolute atomic E-state index is 0.00243. The Morgan fingerprint density at radius 1 is 1.07 bits per heavy atom. The number of amides is 2. The van der Waals surface area contributed by atoms with Crippen molar-refractivity contribution < 1.29 is 32.3 Å². The van der Waals surface area contributed by atoms with E-state index in [0.717, 1.165) is 12.1 Å². The first-order valence-corrected chi connectivity index (χ1v) is 8.85. The second-order valence-electron chi connectivity index (χ2n) is 6.75. The van der Waals surface area contributed by atoms with Gasteiger partial charge in [0.05, 0.1) is 24.2 Å². The molecule has 1 N–H and O–H groups in total. The standard InChI is InChI=1S/C20H18F4N2O3/c21-16-9-10-25(12-16)19(29)26(11-13-1-3-14(4-2-13)18(27)28)17-7-5-15(6-8-17)20(22,23)24/h1-8,16H,9-12H2,(H,27,28)/t16-/m1/s1. The van der Waals surface area contributed by atoms with Gasteiger partial charge in [-0.05, 0) is 48.4 Å². The Bertz CT molecular complexity index is 882. The summed E-state index contributed by atoms with van der Waals surface area (Å²) in [7, 11) is 0. The van der Waals surface area contributed by atoms with Crippen molar-refractivity contribution in [1.82, 2.24) is 4.90 Å². The molecule has 2 aromatic carbocycles. The van der Waals surface area contributed by atoms with Crippen molar-refractivity contribution in [3.8, 4) is 0 Å². The van der Waals surface area contributed by atoms with Crippen LogP contribution in [-0.4, -0.2) is 41.3 Å². The number of carboxylic acids is 1. The van der Waals surface area contributed by atoms with Gasteiger partial charge in [0, 0.05) is 12.2 Å². The number of rotatable bonds is 4. The molecular weight excluding hydrogens is 392 g/mol. The second-order valence-corrected chi connectivity index (χ2v) is 6.75. The smallest absolute Gasteiger partial charge is 0.416 e. The molecule has 0 saturated carbocycles. The molecule has 2 amide bonds. The van der Waals surface area contributed by atoms with Gasteiger partial charge in [0.15, 0.2) is 0 Å². The summed E-state index contributed by atoms with van der Waals surface area (Å²) in [6.07, 6.45) is -5.43. The number of carbonyl (C=O) groups excluding carboxylic acids is 1. The number of aromatic carboxylic acids is 1. The summed E-state index contributed by atoms with van der Waals surface area (Å²) >= 11 is 0. The van der Waals surface area contributed by atoms with Gasteiger partial charge in [-0.1, -0.05) is 12.1 Å². The van der Waals surface area contributed by atoms with E-state index >= 15 is 0 Å². The largest absolute Gasteiger partial charge is 0.478 e. The minimum atomic E-state index is -4.50. The maximum absolute atomic E-state index is 13.5. The first-order valence-electron chi connectivity index (χ1n) is 8.85. The van der Waals surface area contributed by atoms with Gasteiger partial charge in [-0.15, -0.1) is 0 Å². The number of halogens is 4. The van der Waals surface area contributed by atoms with Crippen molar-refractivity contribution in [3.05, 3.63) is 65.2 Å². The molecule has 2 aromatic rings. The number of hydrogen-bond donors (Lipinski definition) is 1. The fraction of sp³-hybridized carbons (Fsp3) is 0.300. The average molecular weight is 410 g/mol. The molecule has 9 heteroatoms. The Morgan fingerprint density at radius 2 is 1.69 bits per heavy atom. The molecule has 1 fully saturated rings. The third kappa shape index (κ3) is 4.85. The van der Waals surface area contributed by atoms with Crippen LogP contribution >= 0.6 is 0 Å². The van der Waals surface area contributed by atoms with Gasteiger partial charge in [0.25, 0.3) is 0 Å². The molecule has 3 rings (SSSR count). The monoisotopic (exact) mass is 410 g/mol. The van der Waals surface area contributed by atoms with E-state index in [4.69, 9.17) is 5.11 Å². The summed E-state index contributed by atoms with van der Waals surface area (Å²) in [5.74, 6) is -1.10. The lowest BCUT2D eigenvalue weighted by Gasteiger charge is -2.28. The van der Waals surface area contributed by atoms with E-state index in [0.29, 0.717) is 5.56 Å². The predicted molar refractivity (Wildman–Crippen MR) is 97.5 cm³/mol. The lowest BCUT2D eigenvalue weighted by atomic mass is 10.1. The molecule has 154 valence electrons. The van der Waals surface area contributed by atoms with Crippen molar-refractivity contribution in [2.24, 2.45) is 0 Å². The molecule has 29 heavy (non-hydrogen) atoms. The van der Waals surface area contributed by atoms with E-state index < -0.39 is 29.9 Å². The van der Waals surface area contributed by atoms with Crippen LogP contribution in [0.3, 0.4) is 0 Å². The number of alkyl halides is 4. The third-order valence-corrected chi connectivity index (χ3v) is 4.68. The van der Waals surface area contributed by atoms with Crippen LogP contribution in [0, 0.1) is 0 Å². The van der Waals surface area contributed by atoms with Gasteiger partial charge in [-0.2, -0.15) is 13.2 Å². The van der Waals surface area contributed by atoms with Crippen LogP contribution in [-0.2, 0) is 12.7 Å². The molecule has 0 aromatic heterocycles. The van der Waals surface area contributed by atoms with Crippen molar-refractivity contribution >= 4 is 17.7 Å². The lowest BCUT2D eigenvalue weighted by Crippen LogP contribution is -2.42. The molecule has 5 nitrogen and oxygen atoms in total. The molecule has 0 bridgehead atoms. The van der Waals surface area contributed by atoms with Gasteiger partial charge in [0.1, 0.15) is 6.17 Å². The van der Waals surface area contributed by atoms with Gasteiger partial charge >= 0.3 is 18.2 Å². The fourth-order valence-electron chi connectivity index (χ4n) is 3.10. The first-order chi connectivity index (χ1) is 13.6. The molecule has 0 radical (unpaired) electrons. The van der Waals surface area contributed by atoms with Crippen LogP contribution in [0.1, 0.15) is 27.9 Å². The molecule has 1 heterocycles. The van der Waals surface area contributed by atoms with E-state index in [1.807, 2.05) is 0 Å².